The van der Waals surface area contributed by atoms with Gasteiger partial charge in [-0.2, -0.15) is 11.8 Å². The normalized spacial score (nSPS) is 12.8. The molecule has 2 heteroatoms. The van der Waals surface area contributed by atoms with Crippen LogP contribution in [0, 0.1) is 0 Å². The summed E-state index contributed by atoms with van der Waals surface area (Å²) in [6, 6.07) is 10.5. The molecule has 0 fully saturated rings. The van der Waals surface area contributed by atoms with Crippen molar-refractivity contribution in [3.05, 3.63) is 35.9 Å². The Kier molecular flexibility index (Phi) is 4.94. The van der Waals surface area contributed by atoms with E-state index in [4.69, 9.17) is 5.11 Å². The van der Waals surface area contributed by atoms with Crippen LogP contribution >= 0.6 is 11.8 Å². The predicted molar refractivity (Wildman–Crippen MR) is 59.0 cm³/mol. The molecule has 0 saturated heterocycles. The van der Waals surface area contributed by atoms with Crippen LogP contribution in [0.2, 0.25) is 0 Å². The minimum Gasteiger partial charge on any atom is -0.396 e. The van der Waals surface area contributed by atoms with Crippen LogP contribution in [-0.2, 0) is 0 Å². The van der Waals surface area contributed by atoms with Crippen molar-refractivity contribution < 1.29 is 5.11 Å². The van der Waals surface area contributed by atoms with Crippen LogP contribution in [0.5, 0.6) is 0 Å². The van der Waals surface area contributed by atoms with Crippen LogP contribution in [-0.4, -0.2) is 17.5 Å². The zero-order valence-corrected chi connectivity index (χ0v) is 8.76. The van der Waals surface area contributed by atoms with Gasteiger partial charge in [-0.1, -0.05) is 30.3 Å². The third kappa shape index (κ3) is 3.83. The van der Waals surface area contributed by atoms with Crippen LogP contribution < -0.4 is 0 Å². The zero-order valence-electron chi connectivity index (χ0n) is 7.94. The third-order valence-corrected chi connectivity index (χ3v) is 3.24. The average Bonchev–Trinajstić information content (AvgIpc) is 2.19. The van der Waals surface area contributed by atoms with Gasteiger partial charge in [0.25, 0.3) is 0 Å². The minimum atomic E-state index is 0.300. The van der Waals surface area contributed by atoms with E-state index in [1.54, 1.807) is 0 Å². The first-order valence-corrected chi connectivity index (χ1v) is 5.67. The summed E-state index contributed by atoms with van der Waals surface area (Å²) in [4.78, 5) is 0. The lowest BCUT2D eigenvalue weighted by atomic mass is 10.2. The topological polar surface area (TPSA) is 20.2 Å². The Labute approximate surface area is 84.2 Å². The molecular formula is C11H16OS. The standard InChI is InChI=1S/C11H16OS/c1-10(13-9-5-8-12)11-6-3-2-4-7-11/h2-4,6-7,10,12H,5,8-9H2,1H3. The van der Waals surface area contributed by atoms with Crippen LogP contribution in [0.1, 0.15) is 24.2 Å². The molecule has 72 valence electrons. The van der Waals surface area contributed by atoms with E-state index in [2.05, 4.69) is 31.2 Å². The second kappa shape index (κ2) is 6.06. The van der Waals surface area contributed by atoms with Crippen molar-refractivity contribution in [2.75, 3.05) is 12.4 Å². The highest BCUT2D eigenvalue weighted by molar-refractivity contribution is 7.99. The molecule has 1 aromatic carbocycles. The van der Waals surface area contributed by atoms with Gasteiger partial charge in [-0.05, 0) is 24.7 Å². The summed E-state index contributed by atoms with van der Waals surface area (Å²) in [7, 11) is 0. The molecule has 1 nitrogen and oxygen atoms in total. The van der Waals surface area contributed by atoms with Gasteiger partial charge in [-0.3, -0.25) is 0 Å². The molecule has 0 aromatic heterocycles. The lowest BCUT2D eigenvalue weighted by molar-refractivity contribution is 0.296. The van der Waals surface area contributed by atoms with Gasteiger partial charge in [0.2, 0.25) is 0 Å². The SMILES string of the molecule is CC(SCCCO)c1ccccc1. The molecule has 1 unspecified atom stereocenters. The lowest BCUT2D eigenvalue weighted by Crippen LogP contribution is -1.91. The highest BCUT2D eigenvalue weighted by Crippen LogP contribution is 2.27. The quantitative estimate of drug-likeness (QED) is 0.731. The van der Waals surface area contributed by atoms with E-state index < -0.39 is 0 Å². The molecule has 0 saturated carbocycles. The fourth-order valence-electron chi connectivity index (χ4n) is 1.14. The molecule has 0 bridgehead atoms. The van der Waals surface area contributed by atoms with Gasteiger partial charge >= 0.3 is 0 Å². The average molecular weight is 196 g/mol. The van der Waals surface area contributed by atoms with Gasteiger partial charge in [0.1, 0.15) is 0 Å². The molecule has 0 aliphatic heterocycles. The number of aliphatic hydroxyl groups excluding tert-OH is 1. The molecule has 1 rings (SSSR count). The van der Waals surface area contributed by atoms with Crippen LogP contribution in [0.3, 0.4) is 0 Å². The monoisotopic (exact) mass is 196 g/mol. The van der Waals surface area contributed by atoms with Crippen LogP contribution in [0.25, 0.3) is 0 Å². The van der Waals surface area contributed by atoms with E-state index in [-0.39, 0.29) is 0 Å². The second-order valence-corrected chi connectivity index (χ2v) is 4.45. The van der Waals surface area contributed by atoms with Crippen molar-refractivity contribution in [3.8, 4) is 0 Å². The summed E-state index contributed by atoms with van der Waals surface area (Å²) < 4.78 is 0. The number of hydrogen-bond acceptors (Lipinski definition) is 2. The molecular weight excluding hydrogens is 180 g/mol. The minimum absolute atomic E-state index is 0.300. The molecule has 0 spiro atoms. The summed E-state index contributed by atoms with van der Waals surface area (Å²) in [5.74, 6) is 1.03. The van der Waals surface area contributed by atoms with Crippen molar-refractivity contribution in [2.45, 2.75) is 18.6 Å². The Bertz CT molecular complexity index is 223. The molecule has 13 heavy (non-hydrogen) atoms. The van der Waals surface area contributed by atoms with E-state index in [1.165, 1.54) is 5.56 Å². The Balaban J connectivity index is 2.35. The molecule has 0 radical (unpaired) electrons. The van der Waals surface area contributed by atoms with Gasteiger partial charge in [0, 0.05) is 11.9 Å². The highest BCUT2D eigenvalue weighted by Gasteiger charge is 2.03. The van der Waals surface area contributed by atoms with E-state index in [1.807, 2.05) is 17.8 Å². The van der Waals surface area contributed by atoms with Gasteiger partial charge in [0.05, 0.1) is 0 Å². The number of aliphatic hydroxyl groups is 1. The largest absolute Gasteiger partial charge is 0.396 e. The smallest absolute Gasteiger partial charge is 0.0438 e. The first-order valence-electron chi connectivity index (χ1n) is 4.62. The van der Waals surface area contributed by atoms with Crippen molar-refractivity contribution >= 4 is 11.8 Å². The third-order valence-electron chi connectivity index (χ3n) is 1.94. The van der Waals surface area contributed by atoms with Gasteiger partial charge < -0.3 is 5.11 Å². The van der Waals surface area contributed by atoms with Crippen molar-refractivity contribution in [3.63, 3.8) is 0 Å². The summed E-state index contributed by atoms with van der Waals surface area (Å²) in [5.41, 5.74) is 1.37. The number of benzene rings is 1. The van der Waals surface area contributed by atoms with E-state index >= 15 is 0 Å². The summed E-state index contributed by atoms with van der Waals surface area (Å²) >= 11 is 1.89. The molecule has 0 heterocycles. The first kappa shape index (κ1) is 10.6. The highest BCUT2D eigenvalue weighted by atomic mass is 32.2. The summed E-state index contributed by atoms with van der Waals surface area (Å²) in [5, 5.41) is 9.17. The van der Waals surface area contributed by atoms with E-state index in [0.29, 0.717) is 11.9 Å². The maximum atomic E-state index is 8.64. The summed E-state index contributed by atoms with van der Waals surface area (Å²) in [6.07, 6.45) is 0.891. The summed E-state index contributed by atoms with van der Waals surface area (Å²) in [6.45, 7) is 2.51. The fraction of sp³-hybridized carbons (Fsp3) is 0.455. The molecule has 0 aliphatic rings. The number of rotatable bonds is 5. The molecule has 1 aromatic rings. The Morgan fingerprint density at radius 2 is 2.00 bits per heavy atom. The van der Waals surface area contributed by atoms with Crippen molar-refractivity contribution in [1.29, 1.82) is 0 Å². The Hall–Kier alpha value is -0.470. The van der Waals surface area contributed by atoms with E-state index in [9.17, 15) is 0 Å². The Morgan fingerprint density at radius 1 is 1.31 bits per heavy atom. The van der Waals surface area contributed by atoms with E-state index in [0.717, 1.165) is 12.2 Å². The molecule has 0 aliphatic carbocycles. The fourth-order valence-corrected chi connectivity index (χ4v) is 2.14. The van der Waals surface area contributed by atoms with Gasteiger partial charge in [-0.25, -0.2) is 0 Å². The Morgan fingerprint density at radius 3 is 2.62 bits per heavy atom. The molecule has 0 amide bonds. The second-order valence-electron chi connectivity index (χ2n) is 3.00. The number of thioether (sulfide) groups is 1. The maximum Gasteiger partial charge on any atom is 0.0438 e. The first-order chi connectivity index (χ1) is 6.34. The van der Waals surface area contributed by atoms with Gasteiger partial charge in [0.15, 0.2) is 0 Å². The predicted octanol–water partition coefficient (Wildman–Crippen LogP) is 2.86. The van der Waals surface area contributed by atoms with Crippen molar-refractivity contribution in [1.82, 2.24) is 0 Å². The van der Waals surface area contributed by atoms with Gasteiger partial charge in [-0.15, -0.1) is 0 Å². The van der Waals surface area contributed by atoms with Crippen molar-refractivity contribution in [2.24, 2.45) is 0 Å². The van der Waals surface area contributed by atoms with Crippen LogP contribution in [0.4, 0.5) is 0 Å². The number of hydrogen-bond donors (Lipinski definition) is 1. The van der Waals surface area contributed by atoms with Crippen LogP contribution in [0.15, 0.2) is 30.3 Å². The molecule has 1 atom stereocenters. The molecule has 1 N–H and O–H groups in total. The lowest BCUT2D eigenvalue weighted by Gasteiger charge is -2.10. The zero-order chi connectivity index (χ0) is 9.52. The maximum absolute atomic E-state index is 8.64.